The highest BCUT2D eigenvalue weighted by molar-refractivity contribution is 5.81. The molecule has 0 unspecified atom stereocenters. The molecule has 4 nitrogen and oxygen atoms in total. The maximum absolute atomic E-state index is 13.2. The van der Waals surface area contributed by atoms with Crippen LogP contribution in [-0.4, -0.2) is 36.5 Å². The van der Waals surface area contributed by atoms with Crippen molar-refractivity contribution in [3.63, 3.8) is 0 Å². The van der Waals surface area contributed by atoms with Gasteiger partial charge in [-0.2, -0.15) is 0 Å². The van der Waals surface area contributed by atoms with E-state index in [9.17, 15) is 9.18 Å². The molecule has 1 saturated heterocycles. The number of fused-ring (bicyclic) bond motifs is 1. The molecule has 0 aromatic heterocycles. The van der Waals surface area contributed by atoms with E-state index >= 15 is 0 Å². The summed E-state index contributed by atoms with van der Waals surface area (Å²) < 4.78 is 19.0. The van der Waals surface area contributed by atoms with Crippen LogP contribution in [0.15, 0.2) is 48.5 Å². The molecule has 0 saturated carbocycles. The standard InChI is InChI=1S/C23H27FN2O2/c24-20-10-8-17(9-11-20)15-26-12-4-3-6-21(26)23(27)25-14-18-13-19-5-1-2-7-22(19)28-16-18/h1-2,5,7-11,18,21H,3-4,6,12-16H2,(H,25,27)/t18-,21+/m1/s1. The molecule has 148 valence electrons. The average Bonchev–Trinajstić information content (AvgIpc) is 2.74. The molecule has 28 heavy (non-hydrogen) atoms. The minimum atomic E-state index is -0.229. The van der Waals surface area contributed by atoms with Crippen molar-refractivity contribution in [3.05, 3.63) is 65.5 Å². The van der Waals surface area contributed by atoms with E-state index in [1.165, 1.54) is 17.7 Å². The summed E-state index contributed by atoms with van der Waals surface area (Å²) >= 11 is 0. The highest BCUT2D eigenvalue weighted by Crippen LogP contribution is 2.26. The Labute approximate surface area is 165 Å². The molecule has 0 radical (unpaired) electrons. The van der Waals surface area contributed by atoms with Crippen LogP contribution in [-0.2, 0) is 17.8 Å². The molecule has 5 heteroatoms. The first-order valence-electron chi connectivity index (χ1n) is 10.2. The first-order chi connectivity index (χ1) is 13.7. The lowest BCUT2D eigenvalue weighted by Gasteiger charge is -2.35. The predicted octanol–water partition coefficient (Wildman–Crippen LogP) is 3.55. The van der Waals surface area contributed by atoms with Crippen LogP contribution < -0.4 is 10.1 Å². The normalized spacial score (nSPS) is 22.2. The summed E-state index contributed by atoms with van der Waals surface area (Å²) in [5.41, 5.74) is 2.25. The van der Waals surface area contributed by atoms with Gasteiger partial charge in [-0.05, 0) is 55.1 Å². The van der Waals surface area contributed by atoms with Crippen LogP contribution in [0.3, 0.4) is 0 Å². The van der Waals surface area contributed by atoms with Gasteiger partial charge < -0.3 is 10.1 Å². The Kier molecular flexibility index (Phi) is 5.91. The molecule has 2 aromatic rings. The number of amides is 1. The molecule has 2 aromatic carbocycles. The zero-order chi connectivity index (χ0) is 19.3. The van der Waals surface area contributed by atoms with Crippen molar-refractivity contribution < 1.29 is 13.9 Å². The number of para-hydroxylation sites is 1. The summed E-state index contributed by atoms with van der Waals surface area (Å²) in [6.45, 7) is 2.85. The highest BCUT2D eigenvalue weighted by Gasteiger charge is 2.29. The van der Waals surface area contributed by atoms with Crippen LogP contribution in [0.2, 0.25) is 0 Å². The first-order valence-corrected chi connectivity index (χ1v) is 10.2. The van der Waals surface area contributed by atoms with Crippen molar-refractivity contribution in [1.82, 2.24) is 10.2 Å². The molecule has 0 aliphatic carbocycles. The Balaban J connectivity index is 1.33. The third-order valence-electron chi connectivity index (χ3n) is 5.74. The summed E-state index contributed by atoms with van der Waals surface area (Å²) in [5, 5.41) is 3.16. The topological polar surface area (TPSA) is 41.6 Å². The maximum atomic E-state index is 13.2. The van der Waals surface area contributed by atoms with E-state index in [1.54, 1.807) is 12.1 Å². The van der Waals surface area contributed by atoms with Gasteiger partial charge in [0.25, 0.3) is 0 Å². The van der Waals surface area contributed by atoms with Crippen LogP contribution >= 0.6 is 0 Å². The van der Waals surface area contributed by atoms with Gasteiger partial charge in [0.15, 0.2) is 0 Å². The van der Waals surface area contributed by atoms with Crippen LogP contribution in [0, 0.1) is 11.7 Å². The van der Waals surface area contributed by atoms with Crippen molar-refractivity contribution in [2.45, 2.75) is 38.3 Å². The SMILES string of the molecule is O=C(NC[C@@H]1COc2ccccc2C1)[C@@H]1CCCCN1Cc1ccc(F)cc1. The van der Waals surface area contributed by atoms with Gasteiger partial charge in [0.1, 0.15) is 11.6 Å². The van der Waals surface area contributed by atoms with Gasteiger partial charge in [-0.15, -0.1) is 0 Å². The van der Waals surface area contributed by atoms with E-state index in [2.05, 4.69) is 16.3 Å². The molecular weight excluding hydrogens is 355 g/mol. The quantitative estimate of drug-likeness (QED) is 0.860. The smallest absolute Gasteiger partial charge is 0.237 e. The second-order valence-corrected chi connectivity index (χ2v) is 7.84. The van der Waals surface area contributed by atoms with Gasteiger partial charge in [-0.1, -0.05) is 36.8 Å². The van der Waals surface area contributed by atoms with Gasteiger partial charge in [-0.3, -0.25) is 9.69 Å². The fourth-order valence-corrected chi connectivity index (χ4v) is 4.19. The number of ether oxygens (including phenoxy) is 1. The lowest BCUT2D eigenvalue weighted by Crippen LogP contribution is -2.50. The second-order valence-electron chi connectivity index (χ2n) is 7.84. The fourth-order valence-electron chi connectivity index (χ4n) is 4.19. The molecule has 1 N–H and O–H groups in total. The Bertz CT molecular complexity index is 809. The number of rotatable bonds is 5. The Morgan fingerprint density at radius 1 is 1.14 bits per heavy atom. The zero-order valence-corrected chi connectivity index (χ0v) is 16.1. The number of halogens is 1. The van der Waals surface area contributed by atoms with Gasteiger partial charge in [-0.25, -0.2) is 4.39 Å². The summed E-state index contributed by atoms with van der Waals surface area (Å²) in [6, 6.07) is 14.6. The Morgan fingerprint density at radius 3 is 2.82 bits per heavy atom. The molecule has 2 heterocycles. The zero-order valence-electron chi connectivity index (χ0n) is 16.1. The molecule has 2 aliphatic rings. The summed E-state index contributed by atoms with van der Waals surface area (Å²) in [4.78, 5) is 15.1. The monoisotopic (exact) mass is 382 g/mol. The first kappa shape index (κ1) is 18.9. The van der Waals surface area contributed by atoms with E-state index in [0.717, 1.165) is 43.5 Å². The van der Waals surface area contributed by atoms with Crippen molar-refractivity contribution in [2.75, 3.05) is 19.7 Å². The van der Waals surface area contributed by atoms with Crippen molar-refractivity contribution in [2.24, 2.45) is 5.92 Å². The third kappa shape index (κ3) is 4.53. The second kappa shape index (κ2) is 8.74. The fraction of sp³-hybridized carbons (Fsp3) is 0.435. The number of likely N-dealkylation sites (tertiary alicyclic amines) is 1. The molecular formula is C23H27FN2O2. The van der Waals surface area contributed by atoms with Gasteiger partial charge >= 0.3 is 0 Å². The number of nitrogens with one attached hydrogen (secondary N) is 1. The van der Waals surface area contributed by atoms with E-state index in [4.69, 9.17) is 4.74 Å². The summed E-state index contributed by atoms with van der Waals surface area (Å²) in [7, 11) is 0. The predicted molar refractivity (Wildman–Crippen MR) is 107 cm³/mol. The number of carbonyl (C=O) groups is 1. The Hall–Kier alpha value is -2.40. The summed E-state index contributed by atoms with van der Waals surface area (Å²) in [6.07, 6.45) is 3.97. The van der Waals surface area contributed by atoms with Crippen LogP contribution in [0.25, 0.3) is 0 Å². The largest absolute Gasteiger partial charge is 0.493 e. The van der Waals surface area contributed by atoms with E-state index in [0.29, 0.717) is 25.6 Å². The summed E-state index contributed by atoms with van der Waals surface area (Å²) in [5.74, 6) is 1.13. The highest BCUT2D eigenvalue weighted by atomic mass is 19.1. The molecule has 1 amide bonds. The van der Waals surface area contributed by atoms with E-state index in [1.807, 2.05) is 18.2 Å². The average molecular weight is 382 g/mol. The minimum Gasteiger partial charge on any atom is -0.493 e. The van der Waals surface area contributed by atoms with Crippen molar-refractivity contribution >= 4 is 5.91 Å². The van der Waals surface area contributed by atoms with Crippen molar-refractivity contribution in [3.8, 4) is 5.75 Å². The minimum absolute atomic E-state index is 0.0978. The number of nitrogens with zero attached hydrogens (tertiary/aromatic N) is 1. The molecule has 1 fully saturated rings. The van der Waals surface area contributed by atoms with Crippen LogP contribution in [0.4, 0.5) is 4.39 Å². The maximum Gasteiger partial charge on any atom is 0.237 e. The third-order valence-corrected chi connectivity index (χ3v) is 5.74. The van der Waals surface area contributed by atoms with E-state index < -0.39 is 0 Å². The van der Waals surface area contributed by atoms with Crippen LogP contribution in [0.5, 0.6) is 5.75 Å². The number of hydrogen-bond donors (Lipinski definition) is 1. The molecule has 2 atom stereocenters. The van der Waals surface area contributed by atoms with Crippen molar-refractivity contribution in [1.29, 1.82) is 0 Å². The van der Waals surface area contributed by atoms with E-state index in [-0.39, 0.29) is 17.8 Å². The molecule has 0 spiro atoms. The number of carbonyl (C=O) groups excluding carboxylic acids is 1. The molecule has 0 bridgehead atoms. The molecule has 2 aliphatic heterocycles. The Morgan fingerprint density at radius 2 is 1.96 bits per heavy atom. The number of hydrogen-bond acceptors (Lipinski definition) is 3. The van der Waals surface area contributed by atoms with Gasteiger partial charge in [0.2, 0.25) is 5.91 Å². The van der Waals surface area contributed by atoms with Crippen LogP contribution in [0.1, 0.15) is 30.4 Å². The lowest BCUT2D eigenvalue weighted by molar-refractivity contribution is -0.128. The van der Waals surface area contributed by atoms with Gasteiger partial charge in [0.05, 0.1) is 12.6 Å². The van der Waals surface area contributed by atoms with Gasteiger partial charge in [0, 0.05) is 19.0 Å². The number of piperidine rings is 1. The number of benzene rings is 2. The lowest BCUT2D eigenvalue weighted by atomic mass is 9.96. The molecule has 4 rings (SSSR count).